The van der Waals surface area contributed by atoms with Gasteiger partial charge in [0, 0.05) is 0 Å². The van der Waals surface area contributed by atoms with Crippen molar-refractivity contribution < 1.29 is 36.6 Å². The van der Waals surface area contributed by atoms with Crippen LogP contribution in [-0.2, 0) is 4.79 Å². The molecule has 0 aliphatic rings. The molecule has 1 aromatic rings. The highest BCUT2D eigenvalue weighted by Gasteiger charge is 2.32. The topological polar surface area (TPSA) is 46.5 Å². The van der Waals surface area contributed by atoms with Crippen molar-refractivity contribution in [1.29, 1.82) is 0 Å². The molecular formula is C11H9F5O3. The van der Waals surface area contributed by atoms with Gasteiger partial charge in [-0.3, -0.25) is 4.79 Å². The fraction of sp³-hybridized carbons (Fsp3) is 0.364. The van der Waals surface area contributed by atoms with Gasteiger partial charge in [-0.2, -0.15) is 8.78 Å². The maximum atomic E-state index is 13.2. The molecule has 1 N–H and O–H groups in total. The lowest BCUT2D eigenvalue weighted by molar-refractivity contribution is -0.148. The first-order valence-electron chi connectivity index (χ1n) is 4.97. The molecule has 0 aliphatic carbocycles. The summed E-state index contributed by atoms with van der Waals surface area (Å²) in [7, 11) is 0. The number of halogens is 5. The first kappa shape index (κ1) is 15.2. The number of hydrogen-bond acceptors (Lipinski definition) is 2. The van der Waals surface area contributed by atoms with Gasteiger partial charge >= 0.3 is 5.97 Å². The average molecular weight is 284 g/mol. The van der Waals surface area contributed by atoms with Crippen LogP contribution >= 0.6 is 0 Å². The molecule has 1 rings (SSSR count). The van der Waals surface area contributed by atoms with Gasteiger partial charge in [0.2, 0.25) is 29.1 Å². The molecule has 0 atom stereocenters. The van der Waals surface area contributed by atoms with Gasteiger partial charge in [-0.1, -0.05) is 0 Å². The number of hydrogen-bond donors (Lipinski definition) is 1. The van der Waals surface area contributed by atoms with Crippen molar-refractivity contribution >= 4 is 5.97 Å². The molecule has 0 unspecified atom stereocenters. The van der Waals surface area contributed by atoms with Crippen LogP contribution < -0.4 is 4.74 Å². The highest BCUT2D eigenvalue weighted by Crippen LogP contribution is 2.30. The van der Waals surface area contributed by atoms with E-state index < -0.39 is 52.8 Å². The number of benzene rings is 1. The summed E-state index contributed by atoms with van der Waals surface area (Å²) in [5.41, 5.74) is -1.56. The van der Waals surface area contributed by atoms with E-state index in [0.29, 0.717) is 0 Å². The van der Waals surface area contributed by atoms with Gasteiger partial charge in [0.15, 0.2) is 5.75 Å². The van der Waals surface area contributed by atoms with Gasteiger partial charge in [-0.05, 0) is 13.8 Å². The van der Waals surface area contributed by atoms with E-state index in [4.69, 9.17) is 5.11 Å². The molecule has 0 aromatic heterocycles. The number of aliphatic carboxylic acids is 1. The van der Waals surface area contributed by atoms with E-state index in [9.17, 15) is 26.7 Å². The lowest BCUT2D eigenvalue weighted by atomic mass is 9.95. The van der Waals surface area contributed by atoms with E-state index in [1.54, 1.807) is 0 Å². The Balaban J connectivity index is 3.13. The van der Waals surface area contributed by atoms with Crippen LogP contribution in [0.25, 0.3) is 0 Å². The molecule has 0 aliphatic heterocycles. The summed E-state index contributed by atoms with van der Waals surface area (Å²) in [5.74, 6) is -13.7. The summed E-state index contributed by atoms with van der Waals surface area (Å²) in [6.45, 7) is 1.57. The Morgan fingerprint density at radius 3 is 1.74 bits per heavy atom. The molecule has 8 heteroatoms. The summed E-state index contributed by atoms with van der Waals surface area (Å²) < 4.78 is 69.2. The monoisotopic (exact) mass is 284 g/mol. The minimum Gasteiger partial charge on any atom is -0.486 e. The summed E-state index contributed by atoms with van der Waals surface area (Å²) in [4.78, 5) is 10.7. The van der Waals surface area contributed by atoms with Crippen LogP contribution in [0.4, 0.5) is 22.0 Å². The second-order valence-corrected chi connectivity index (χ2v) is 4.38. The predicted octanol–water partition coefficient (Wildman–Crippen LogP) is 2.87. The van der Waals surface area contributed by atoms with E-state index in [1.165, 1.54) is 13.8 Å². The Morgan fingerprint density at radius 2 is 1.37 bits per heavy atom. The number of carboxylic acids is 1. The third kappa shape index (κ3) is 2.77. The van der Waals surface area contributed by atoms with E-state index in [1.807, 2.05) is 0 Å². The molecule has 0 bridgehead atoms. The van der Waals surface area contributed by atoms with Crippen molar-refractivity contribution in [3.8, 4) is 5.75 Å². The molecule has 0 spiro atoms. The molecule has 0 fully saturated rings. The summed E-state index contributed by atoms with van der Waals surface area (Å²) in [5, 5.41) is 8.74. The minimum absolute atomic E-state index is 0.763. The lowest BCUT2D eigenvalue weighted by Crippen LogP contribution is -2.31. The Kier molecular flexibility index (Phi) is 4.02. The van der Waals surface area contributed by atoms with Gasteiger partial charge in [0.05, 0.1) is 5.41 Å². The van der Waals surface area contributed by atoms with Crippen molar-refractivity contribution in [2.24, 2.45) is 5.41 Å². The van der Waals surface area contributed by atoms with Crippen LogP contribution in [0.1, 0.15) is 13.8 Å². The van der Waals surface area contributed by atoms with E-state index in [2.05, 4.69) is 4.74 Å². The number of ether oxygens (including phenoxy) is 1. The molecule has 3 nitrogen and oxygen atoms in total. The summed E-state index contributed by atoms with van der Waals surface area (Å²) in [6, 6.07) is 0. The molecule has 0 amide bonds. The van der Waals surface area contributed by atoms with Crippen LogP contribution in [0.15, 0.2) is 0 Å². The summed E-state index contributed by atoms with van der Waals surface area (Å²) >= 11 is 0. The van der Waals surface area contributed by atoms with Crippen LogP contribution in [0.5, 0.6) is 5.75 Å². The van der Waals surface area contributed by atoms with Crippen molar-refractivity contribution in [1.82, 2.24) is 0 Å². The SMILES string of the molecule is CC(C)(COc1c(F)c(F)c(F)c(F)c1F)C(=O)O. The predicted molar refractivity (Wildman–Crippen MR) is 53.1 cm³/mol. The van der Waals surface area contributed by atoms with Crippen molar-refractivity contribution in [2.75, 3.05) is 6.61 Å². The fourth-order valence-corrected chi connectivity index (χ4v) is 1.03. The number of carboxylic acid groups (broad SMARTS) is 1. The molecule has 106 valence electrons. The second-order valence-electron chi connectivity index (χ2n) is 4.38. The van der Waals surface area contributed by atoms with E-state index in [-0.39, 0.29) is 0 Å². The zero-order valence-electron chi connectivity index (χ0n) is 9.86. The summed E-state index contributed by atoms with van der Waals surface area (Å²) in [6.07, 6.45) is 0. The van der Waals surface area contributed by atoms with Crippen molar-refractivity contribution in [3.63, 3.8) is 0 Å². The van der Waals surface area contributed by atoms with Crippen LogP contribution in [0.3, 0.4) is 0 Å². The number of rotatable bonds is 4. The highest BCUT2D eigenvalue weighted by molar-refractivity contribution is 5.73. The largest absolute Gasteiger partial charge is 0.486 e. The standard InChI is InChI=1S/C11H9F5O3/c1-11(2,10(17)18)3-19-9-7(15)5(13)4(12)6(14)8(9)16/h3H2,1-2H3,(H,17,18). The molecule has 19 heavy (non-hydrogen) atoms. The average Bonchev–Trinajstić information content (AvgIpc) is 2.33. The van der Waals surface area contributed by atoms with Crippen LogP contribution in [0.2, 0.25) is 0 Å². The Labute approximate surface area is 104 Å². The molecule has 0 heterocycles. The van der Waals surface area contributed by atoms with Crippen molar-refractivity contribution in [2.45, 2.75) is 13.8 Å². The fourth-order valence-electron chi connectivity index (χ4n) is 1.03. The van der Waals surface area contributed by atoms with Gasteiger partial charge in [0.1, 0.15) is 6.61 Å². The zero-order valence-corrected chi connectivity index (χ0v) is 9.86. The first-order chi connectivity index (χ1) is 8.59. The van der Waals surface area contributed by atoms with Gasteiger partial charge in [-0.25, -0.2) is 13.2 Å². The molecule has 1 aromatic carbocycles. The zero-order chi connectivity index (χ0) is 15.0. The highest BCUT2D eigenvalue weighted by atomic mass is 19.2. The maximum Gasteiger partial charge on any atom is 0.312 e. The molecular weight excluding hydrogens is 275 g/mol. The van der Waals surface area contributed by atoms with Crippen LogP contribution in [-0.4, -0.2) is 17.7 Å². The molecule has 0 saturated carbocycles. The smallest absolute Gasteiger partial charge is 0.312 e. The Hall–Kier alpha value is -1.86. The van der Waals surface area contributed by atoms with Crippen molar-refractivity contribution in [3.05, 3.63) is 29.1 Å². The minimum atomic E-state index is -2.31. The van der Waals surface area contributed by atoms with E-state index >= 15 is 0 Å². The normalized spacial score (nSPS) is 11.5. The first-order valence-corrected chi connectivity index (χ1v) is 4.97. The van der Waals surface area contributed by atoms with E-state index in [0.717, 1.165) is 0 Å². The lowest BCUT2D eigenvalue weighted by Gasteiger charge is -2.20. The Bertz CT molecular complexity index is 499. The van der Waals surface area contributed by atoms with Gasteiger partial charge in [0.25, 0.3) is 0 Å². The quantitative estimate of drug-likeness (QED) is 0.525. The Morgan fingerprint density at radius 1 is 1.00 bits per heavy atom. The molecule has 0 saturated heterocycles. The van der Waals surface area contributed by atoms with Crippen LogP contribution in [0, 0.1) is 34.5 Å². The third-order valence-electron chi connectivity index (χ3n) is 2.33. The number of carbonyl (C=O) groups is 1. The third-order valence-corrected chi connectivity index (χ3v) is 2.33. The second kappa shape index (κ2) is 5.02. The maximum absolute atomic E-state index is 13.2. The van der Waals surface area contributed by atoms with Gasteiger partial charge in [-0.15, -0.1) is 0 Å². The van der Waals surface area contributed by atoms with Gasteiger partial charge < -0.3 is 9.84 Å². The molecule has 0 radical (unpaired) electrons.